The van der Waals surface area contributed by atoms with Gasteiger partial charge < -0.3 is 14.2 Å². The largest absolute Gasteiger partial charge is 0.462 e. The van der Waals surface area contributed by atoms with Crippen molar-refractivity contribution in [3.63, 3.8) is 0 Å². The molecule has 0 aliphatic carbocycles. The Kier molecular flexibility index (Phi) is 43.7. The molecule has 0 bridgehead atoms. The molecule has 0 aromatic carbocycles. The molecule has 0 heterocycles. The number of esters is 3. The van der Waals surface area contributed by atoms with Gasteiger partial charge in [0.15, 0.2) is 6.10 Å². The fourth-order valence-electron chi connectivity index (χ4n) is 7.78. The van der Waals surface area contributed by atoms with Crippen LogP contribution in [0.4, 0.5) is 0 Å². The quantitative estimate of drug-likeness (QED) is 0.0346. The van der Waals surface area contributed by atoms with E-state index in [1.54, 1.807) is 0 Å². The van der Waals surface area contributed by atoms with Gasteiger partial charge in [0.1, 0.15) is 13.2 Å². The van der Waals surface area contributed by atoms with E-state index in [0.717, 1.165) is 69.6 Å². The number of carbonyl (C=O) groups excluding carboxylic acids is 3. The summed E-state index contributed by atoms with van der Waals surface area (Å²) in [6.07, 6.45) is 45.2. The van der Waals surface area contributed by atoms with Crippen LogP contribution >= 0.6 is 0 Å². The predicted molar refractivity (Wildman–Crippen MR) is 247 cm³/mol. The van der Waals surface area contributed by atoms with Crippen molar-refractivity contribution in [1.29, 1.82) is 0 Å². The zero-order valence-electron chi connectivity index (χ0n) is 39.7. The molecule has 0 fully saturated rings. The van der Waals surface area contributed by atoms with Crippen molar-refractivity contribution < 1.29 is 28.6 Å². The molecule has 0 amide bonds. The average Bonchev–Trinajstić information content (AvgIpc) is 3.21. The van der Waals surface area contributed by atoms with Crippen LogP contribution in [-0.4, -0.2) is 37.2 Å². The standard InChI is InChI=1S/C52H100O6/c1-6-8-9-10-11-12-19-23-26-32-37-42-50(53)56-45-49(46-57-51(54)43-38-33-29-28-31-36-41-48(5)7-2)58-52(55)44-39-34-27-24-21-18-16-14-13-15-17-20-22-25-30-35-40-47(3)4/h47-49H,6-46H2,1-5H3/t48?,49-/m0/s1. The van der Waals surface area contributed by atoms with E-state index in [9.17, 15) is 14.4 Å². The van der Waals surface area contributed by atoms with E-state index in [0.29, 0.717) is 19.3 Å². The van der Waals surface area contributed by atoms with Crippen LogP contribution in [0.15, 0.2) is 0 Å². The highest BCUT2D eigenvalue weighted by Crippen LogP contribution is 2.18. The molecule has 0 aliphatic rings. The van der Waals surface area contributed by atoms with Gasteiger partial charge in [-0.15, -0.1) is 0 Å². The summed E-state index contributed by atoms with van der Waals surface area (Å²) in [6.45, 7) is 11.4. The molecule has 2 atom stereocenters. The lowest BCUT2D eigenvalue weighted by molar-refractivity contribution is -0.167. The molecule has 6 nitrogen and oxygen atoms in total. The summed E-state index contributed by atoms with van der Waals surface area (Å²) in [6, 6.07) is 0. The van der Waals surface area contributed by atoms with Crippen molar-refractivity contribution in [2.75, 3.05) is 13.2 Å². The first-order valence-corrected chi connectivity index (χ1v) is 25.8. The van der Waals surface area contributed by atoms with Crippen molar-refractivity contribution in [2.45, 2.75) is 291 Å². The van der Waals surface area contributed by atoms with Crippen LogP contribution in [0.3, 0.4) is 0 Å². The van der Waals surface area contributed by atoms with Crippen LogP contribution in [-0.2, 0) is 28.6 Å². The Hall–Kier alpha value is -1.59. The van der Waals surface area contributed by atoms with E-state index in [2.05, 4.69) is 34.6 Å². The Labute approximate surface area is 361 Å². The predicted octanol–water partition coefficient (Wildman–Crippen LogP) is 16.5. The van der Waals surface area contributed by atoms with Gasteiger partial charge in [-0.3, -0.25) is 14.4 Å². The molecule has 0 spiro atoms. The molecule has 0 rings (SSSR count). The van der Waals surface area contributed by atoms with Crippen LogP contribution in [0.5, 0.6) is 0 Å². The van der Waals surface area contributed by atoms with Crippen LogP contribution in [0.25, 0.3) is 0 Å². The maximum Gasteiger partial charge on any atom is 0.306 e. The van der Waals surface area contributed by atoms with Gasteiger partial charge in [-0.2, -0.15) is 0 Å². The zero-order chi connectivity index (χ0) is 42.6. The summed E-state index contributed by atoms with van der Waals surface area (Å²) < 4.78 is 16.8. The highest BCUT2D eigenvalue weighted by molar-refractivity contribution is 5.71. The lowest BCUT2D eigenvalue weighted by Gasteiger charge is -2.18. The first-order chi connectivity index (χ1) is 28.3. The van der Waals surface area contributed by atoms with E-state index in [4.69, 9.17) is 14.2 Å². The number of carbonyl (C=O) groups is 3. The molecule has 344 valence electrons. The molecule has 0 aromatic heterocycles. The maximum atomic E-state index is 12.8. The minimum atomic E-state index is -0.761. The smallest absolute Gasteiger partial charge is 0.306 e. The highest BCUT2D eigenvalue weighted by atomic mass is 16.6. The van der Waals surface area contributed by atoms with Gasteiger partial charge in [-0.05, 0) is 31.1 Å². The highest BCUT2D eigenvalue weighted by Gasteiger charge is 2.19. The molecule has 0 saturated carbocycles. The van der Waals surface area contributed by atoms with Crippen molar-refractivity contribution in [2.24, 2.45) is 11.8 Å². The summed E-state index contributed by atoms with van der Waals surface area (Å²) in [5, 5.41) is 0. The first kappa shape index (κ1) is 56.4. The molecule has 0 radical (unpaired) electrons. The molecule has 0 aliphatic heterocycles. The molecule has 0 N–H and O–H groups in total. The van der Waals surface area contributed by atoms with E-state index in [-0.39, 0.29) is 31.1 Å². The Balaban J connectivity index is 4.25. The third-order valence-electron chi connectivity index (χ3n) is 12.1. The normalized spacial score (nSPS) is 12.5. The molecule has 58 heavy (non-hydrogen) atoms. The molecule has 6 heteroatoms. The van der Waals surface area contributed by atoms with Gasteiger partial charge in [0.05, 0.1) is 0 Å². The second-order valence-corrected chi connectivity index (χ2v) is 18.5. The van der Waals surface area contributed by atoms with E-state index < -0.39 is 6.10 Å². The van der Waals surface area contributed by atoms with Gasteiger partial charge in [0.25, 0.3) is 0 Å². The minimum absolute atomic E-state index is 0.0644. The van der Waals surface area contributed by atoms with Crippen molar-refractivity contribution in [3.8, 4) is 0 Å². The Bertz CT molecular complexity index is 887. The van der Waals surface area contributed by atoms with Crippen LogP contribution in [0, 0.1) is 11.8 Å². The minimum Gasteiger partial charge on any atom is -0.462 e. The van der Waals surface area contributed by atoms with Crippen LogP contribution in [0.1, 0.15) is 285 Å². The Morgan fingerprint density at radius 1 is 0.362 bits per heavy atom. The fourth-order valence-corrected chi connectivity index (χ4v) is 7.78. The maximum absolute atomic E-state index is 12.8. The average molecular weight is 821 g/mol. The summed E-state index contributed by atoms with van der Waals surface area (Å²) in [7, 11) is 0. The summed E-state index contributed by atoms with van der Waals surface area (Å²) in [5.74, 6) is 0.814. The summed E-state index contributed by atoms with van der Waals surface area (Å²) in [5.41, 5.74) is 0. The van der Waals surface area contributed by atoms with Crippen LogP contribution < -0.4 is 0 Å². The second kappa shape index (κ2) is 44.9. The molecular formula is C52H100O6. The molecule has 0 saturated heterocycles. The SMILES string of the molecule is CCCCCCCCCCCCCC(=O)OC[C@@H](COC(=O)CCCCCCCCC(C)CC)OC(=O)CCCCCCCCCCCCCCCCCCC(C)C. The summed E-state index contributed by atoms with van der Waals surface area (Å²) >= 11 is 0. The lowest BCUT2D eigenvalue weighted by atomic mass is 10.00. The summed E-state index contributed by atoms with van der Waals surface area (Å²) in [4.78, 5) is 37.9. The van der Waals surface area contributed by atoms with E-state index in [1.807, 2.05) is 0 Å². The first-order valence-electron chi connectivity index (χ1n) is 25.8. The van der Waals surface area contributed by atoms with Crippen molar-refractivity contribution >= 4 is 17.9 Å². The number of hydrogen-bond donors (Lipinski definition) is 0. The lowest BCUT2D eigenvalue weighted by Crippen LogP contribution is -2.30. The van der Waals surface area contributed by atoms with Gasteiger partial charge in [-0.25, -0.2) is 0 Å². The van der Waals surface area contributed by atoms with Gasteiger partial charge >= 0.3 is 17.9 Å². The molecule has 1 unspecified atom stereocenters. The Morgan fingerprint density at radius 3 is 0.983 bits per heavy atom. The van der Waals surface area contributed by atoms with Crippen molar-refractivity contribution in [3.05, 3.63) is 0 Å². The number of hydrogen-bond acceptors (Lipinski definition) is 6. The number of rotatable bonds is 46. The fraction of sp³-hybridized carbons (Fsp3) is 0.942. The van der Waals surface area contributed by atoms with Gasteiger partial charge in [0, 0.05) is 19.3 Å². The third-order valence-corrected chi connectivity index (χ3v) is 12.1. The van der Waals surface area contributed by atoms with E-state index >= 15 is 0 Å². The molecular weight excluding hydrogens is 721 g/mol. The van der Waals surface area contributed by atoms with Crippen molar-refractivity contribution in [1.82, 2.24) is 0 Å². The van der Waals surface area contributed by atoms with Gasteiger partial charge in [0.2, 0.25) is 0 Å². The molecule has 0 aromatic rings. The third kappa shape index (κ3) is 44.0. The van der Waals surface area contributed by atoms with Gasteiger partial charge in [-0.1, -0.05) is 247 Å². The Morgan fingerprint density at radius 2 is 0.655 bits per heavy atom. The number of ether oxygens (including phenoxy) is 3. The monoisotopic (exact) mass is 821 g/mol. The second-order valence-electron chi connectivity index (χ2n) is 18.5. The number of unbranched alkanes of at least 4 members (excludes halogenated alkanes) is 30. The van der Waals surface area contributed by atoms with E-state index in [1.165, 1.54) is 173 Å². The topological polar surface area (TPSA) is 78.9 Å². The van der Waals surface area contributed by atoms with Crippen LogP contribution in [0.2, 0.25) is 0 Å². The zero-order valence-corrected chi connectivity index (χ0v) is 39.7.